The van der Waals surface area contributed by atoms with Crippen LogP contribution in [0.4, 0.5) is 23.2 Å². The van der Waals surface area contributed by atoms with Gasteiger partial charge in [-0.15, -0.1) is 0 Å². The number of nitrogens with zero attached hydrogens (tertiary/aromatic N) is 3. The zero-order valence-electron chi connectivity index (χ0n) is 17.9. The Morgan fingerprint density at radius 2 is 1.83 bits per heavy atom. The molecule has 1 N–H and O–H groups in total. The fourth-order valence-corrected chi connectivity index (χ4v) is 3.35. The van der Waals surface area contributed by atoms with Gasteiger partial charge in [0.25, 0.3) is 5.91 Å². The van der Waals surface area contributed by atoms with Crippen molar-refractivity contribution in [3.05, 3.63) is 107 Å². The predicted molar refractivity (Wildman–Crippen MR) is 118 cm³/mol. The lowest BCUT2D eigenvalue weighted by molar-refractivity contribution is -0.143. The molecule has 10 heteroatoms. The Morgan fingerprint density at radius 1 is 1.06 bits per heavy atom. The molecule has 0 fully saturated rings. The van der Waals surface area contributed by atoms with Crippen LogP contribution in [0.1, 0.15) is 27.2 Å². The zero-order valence-corrected chi connectivity index (χ0v) is 17.9. The number of para-hydroxylation sites is 1. The number of amides is 1. The number of ether oxygens (including phenoxy) is 1. The van der Waals surface area contributed by atoms with Gasteiger partial charge in [0.1, 0.15) is 23.9 Å². The van der Waals surface area contributed by atoms with Crippen molar-refractivity contribution in [3.63, 3.8) is 0 Å². The number of halogens is 4. The monoisotopic (exact) mass is 480 g/mol. The van der Waals surface area contributed by atoms with E-state index in [0.29, 0.717) is 16.0 Å². The van der Waals surface area contributed by atoms with Gasteiger partial charge in [0.2, 0.25) is 0 Å². The molecule has 0 radical (unpaired) electrons. The maximum Gasteiger partial charge on any atom is 0.434 e. The van der Waals surface area contributed by atoms with E-state index in [-0.39, 0.29) is 12.3 Å². The van der Waals surface area contributed by atoms with Crippen molar-refractivity contribution in [1.82, 2.24) is 9.78 Å². The number of nitriles is 1. The highest BCUT2D eigenvalue weighted by atomic mass is 19.4. The number of alkyl halides is 3. The molecule has 0 atom stereocenters. The van der Waals surface area contributed by atoms with Crippen LogP contribution in [0, 0.1) is 17.1 Å². The number of carbonyl (C=O) groups excluding carboxylic acids is 1. The normalized spacial score (nSPS) is 11.1. The van der Waals surface area contributed by atoms with Crippen LogP contribution in [0.25, 0.3) is 5.69 Å². The number of hydrogen-bond donors (Lipinski definition) is 1. The van der Waals surface area contributed by atoms with Gasteiger partial charge in [-0.3, -0.25) is 4.79 Å². The van der Waals surface area contributed by atoms with Gasteiger partial charge < -0.3 is 10.1 Å². The van der Waals surface area contributed by atoms with Crippen LogP contribution in [0.3, 0.4) is 0 Å². The first-order valence-electron chi connectivity index (χ1n) is 10.2. The van der Waals surface area contributed by atoms with Crippen molar-refractivity contribution in [2.45, 2.75) is 12.8 Å². The van der Waals surface area contributed by atoms with Gasteiger partial charge in [-0.25, -0.2) is 9.07 Å². The van der Waals surface area contributed by atoms with E-state index < -0.39 is 34.8 Å². The summed E-state index contributed by atoms with van der Waals surface area (Å²) in [5.74, 6) is -1.64. The highest BCUT2D eigenvalue weighted by molar-refractivity contribution is 6.05. The predicted octanol–water partition coefficient (Wildman–Crippen LogP) is 5.73. The number of hydrogen-bond acceptors (Lipinski definition) is 4. The van der Waals surface area contributed by atoms with Crippen molar-refractivity contribution in [2.24, 2.45) is 0 Å². The minimum absolute atomic E-state index is 0.139. The topological polar surface area (TPSA) is 79.9 Å². The molecule has 0 spiro atoms. The summed E-state index contributed by atoms with van der Waals surface area (Å²) in [5.41, 5.74) is -1.19. The molecule has 3 aromatic carbocycles. The molecular formula is C25H16F4N4O2. The molecule has 35 heavy (non-hydrogen) atoms. The van der Waals surface area contributed by atoms with Gasteiger partial charge in [0.05, 0.1) is 23.4 Å². The van der Waals surface area contributed by atoms with Gasteiger partial charge >= 0.3 is 6.18 Å². The van der Waals surface area contributed by atoms with Gasteiger partial charge in [-0.2, -0.15) is 23.5 Å². The van der Waals surface area contributed by atoms with E-state index in [9.17, 15) is 22.4 Å². The Labute approximate surface area is 197 Å². The van der Waals surface area contributed by atoms with Crippen molar-refractivity contribution in [1.29, 1.82) is 5.26 Å². The lowest BCUT2D eigenvalue weighted by atomic mass is 10.1. The summed E-state index contributed by atoms with van der Waals surface area (Å²) in [6.07, 6.45) is -4.23. The highest BCUT2D eigenvalue weighted by Crippen LogP contribution is 2.34. The Hall–Kier alpha value is -4.65. The summed E-state index contributed by atoms with van der Waals surface area (Å²) in [5, 5.41) is 15.0. The van der Waals surface area contributed by atoms with E-state index in [2.05, 4.69) is 10.4 Å². The fraction of sp³-hybridized carbons (Fsp3) is 0.0800. The number of benzene rings is 3. The minimum atomic E-state index is -4.98. The second kappa shape index (κ2) is 9.69. The molecule has 0 aliphatic heterocycles. The average molecular weight is 480 g/mol. The second-order valence-corrected chi connectivity index (χ2v) is 7.35. The van der Waals surface area contributed by atoms with Crippen molar-refractivity contribution < 1.29 is 27.1 Å². The first kappa shape index (κ1) is 23.5. The summed E-state index contributed by atoms with van der Waals surface area (Å²) >= 11 is 0. The average Bonchev–Trinajstić information content (AvgIpc) is 3.29. The van der Waals surface area contributed by atoms with Gasteiger partial charge in [-0.05, 0) is 42.0 Å². The van der Waals surface area contributed by atoms with E-state index in [1.54, 1.807) is 36.4 Å². The summed E-state index contributed by atoms with van der Waals surface area (Å²) in [7, 11) is 0. The quantitative estimate of drug-likeness (QED) is 0.357. The smallest absolute Gasteiger partial charge is 0.434 e. The van der Waals surface area contributed by atoms with Crippen LogP contribution in [0.5, 0.6) is 5.75 Å². The van der Waals surface area contributed by atoms with Crippen molar-refractivity contribution in [2.75, 3.05) is 5.32 Å². The Balaban J connectivity index is 1.55. The van der Waals surface area contributed by atoms with E-state index in [1.165, 1.54) is 24.3 Å². The molecule has 6 nitrogen and oxygen atoms in total. The summed E-state index contributed by atoms with van der Waals surface area (Å²) in [4.78, 5) is 12.7. The van der Waals surface area contributed by atoms with E-state index in [4.69, 9.17) is 10.00 Å². The molecule has 176 valence electrons. The van der Waals surface area contributed by atoms with Crippen LogP contribution >= 0.6 is 0 Å². The second-order valence-electron chi connectivity index (χ2n) is 7.35. The number of rotatable bonds is 6. The lowest BCUT2D eigenvalue weighted by Gasteiger charge is -2.13. The van der Waals surface area contributed by atoms with Crippen molar-refractivity contribution in [3.8, 4) is 17.5 Å². The van der Waals surface area contributed by atoms with Crippen molar-refractivity contribution >= 4 is 11.6 Å². The van der Waals surface area contributed by atoms with Crippen LogP contribution in [0.15, 0.2) is 79.0 Å². The third kappa shape index (κ3) is 5.30. The molecule has 1 amide bonds. The lowest BCUT2D eigenvalue weighted by Crippen LogP contribution is -2.21. The maximum absolute atomic E-state index is 14.1. The third-order valence-corrected chi connectivity index (χ3v) is 4.92. The molecule has 0 saturated carbocycles. The first-order valence-corrected chi connectivity index (χ1v) is 10.2. The van der Waals surface area contributed by atoms with Crippen LogP contribution in [0.2, 0.25) is 0 Å². The molecular weight excluding hydrogens is 464 g/mol. The standard InChI is InChI=1S/C25H16F4N4O2/c26-21-9-1-2-10-22(21)33-23(25(27,28)29)20(14-31-33)24(34)32-18-7-4-8-19(12-18)35-15-17-6-3-5-16(11-17)13-30/h1-12,14H,15H2,(H,32,34). The first-order chi connectivity index (χ1) is 16.8. The van der Waals surface area contributed by atoms with Gasteiger partial charge in [-0.1, -0.05) is 30.3 Å². The summed E-state index contributed by atoms with van der Waals surface area (Å²) in [6, 6.07) is 19.8. The van der Waals surface area contributed by atoms with Crippen LogP contribution < -0.4 is 10.1 Å². The van der Waals surface area contributed by atoms with E-state index >= 15 is 0 Å². The summed E-state index contributed by atoms with van der Waals surface area (Å²) < 4.78 is 61.7. The molecule has 1 aromatic heterocycles. The number of aromatic nitrogens is 2. The molecule has 0 aliphatic rings. The molecule has 0 unspecified atom stereocenters. The van der Waals surface area contributed by atoms with Crippen LogP contribution in [-0.4, -0.2) is 15.7 Å². The Kier molecular flexibility index (Phi) is 6.51. The molecule has 0 bridgehead atoms. The molecule has 0 aliphatic carbocycles. The zero-order chi connectivity index (χ0) is 25.0. The van der Waals surface area contributed by atoms with E-state index in [0.717, 1.165) is 23.9 Å². The summed E-state index contributed by atoms with van der Waals surface area (Å²) in [6.45, 7) is 0.139. The largest absolute Gasteiger partial charge is 0.489 e. The molecule has 0 saturated heterocycles. The minimum Gasteiger partial charge on any atom is -0.489 e. The molecule has 4 aromatic rings. The van der Waals surface area contributed by atoms with Crippen LogP contribution in [-0.2, 0) is 12.8 Å². The van der Waals surface area contributed by atoms with E-state index in [1.807, 2.05) is 6.07 Å². The number of anilines is 1. The highest BCUT2D eigenvalue weighted by Gasteiger charge is 2.41. The Bertz CT molecular complexity index is 1420. The third-order valence-electron chi connectivity index (χ3n) is 4.92. The number of carbonyl (C=O) groups is 1. The Morgan fingerprint density at radius 3 is 2.57 bits per heavy atom. The maximum atomic E-state index is 14.1. The fourth-order valence-electron chi connectivity index (χ4n) is 3.35. The molecule has 4 rings (SSSR count). The van der Waals surface area contributed by atoms with Gasteiger partial charge in [0, 0.05) is 11.8 Å². The number of nitrogens with one attached hydrogen (secondary N) is 1. The van der Waals surface area contributed by atoms with Gasteiger partial charge in [0.15, 0.2) is 5.69 Å². The SMILES string of the molecule is N#Cc1cccc(COc2cccc(NC(=O)c3cnn(-c4ccccc4F)c3C(F)(F)F)c2)c1. The molecule has 1 heterocycles.